The summed E-state index contributed by atoms with van der Waals surface area (Å²) in [6.07, 6.45) is 0. The van der Waals surface area contributed by atoms with Crippen LogP contribution in [0.2, 0.25) is 0 Å². The molecule has 4 nitrogen and oxygen atoms in total. The van der Waals surface area contributed by atoms with Crippen LogP contribution >= 0.6 is 0 Å². The van der Waals surface area contributed by atoms with Crippen LogP contribution in [0.3, 0.4) is 0 Å². The minimum atomic E-state index is -0.101. The zero-order valence-corrected chi connectivity index (χ0v) is 31.3. The fraction of sp³-hybridized carbons (Fsp3) is 0.200. The fourth-order valence-electron chi connectivity index (χ4n) is 9.90. The summed E-state index contributed by atoms with van der Waals surface area (Å²) in [6.45, 7) is 13.7. The van der Waals surface area contributed by atoms with Crippen molar-refractivity contribution in [3.8, 4) is 0 Å². The number of para-hydroxylation sites is 2. The first-order valence-electron chi connectivity index (χ1n) is 19.2. The van der Waals surface area contributed by atoms with Crippen molar-refractivity contribution in [3.05, 3.63) is 154 Å². The van der Waals surface area contributed by atoms with Crippen LogP contribution in [0.5, 0.6) is 0 Å². The molecule has 0 aliphatic heterocycles. The first-order valence-corrected chi connectivity index (χ1v) is 19.2. The molecule has 3 aliphatic carbocycles. The molecule has 0 atom stereocenters. The summed E-state index contributed by atoms with van der Waals surface area (Å²) >= 11 is 0. The molecule has 0 saturated heterocycles. The van der Waals surface area contributed by atoms with Gasteiger partial charge in [0.1, 0.15) is 0 Å². The first kappa shape index (κ1) is 30.5. The second-order valence-corrected chi connectivity index (χ2v) is 17.8. The van der Waals surface area contributed by atoms with Crippen molar-refractivity contribution in [1.29, 1.82) is 0 Å². The molecular weight excluding hydrogens is 657 g/mol. The lowest BCUT2D eigenvalue weighted by Crippen LogP contribution is -2.27. The van der Waals surface area contributed by atoms with Crippen LogP contribution < -0.4 is 0 Å². The van der Waals surface area contributed by atoms with Crippen LogP contribution in [-0.2, 0) is 10.8 Å². The Bertz CT molecular complexity index is 3040. The van der Waals surface area contributed by atoms with Crippen molar-refractivity contribution in [3.63, 3.8) is 0 Å². The van der Waals surface area contributed by atoms with Crippen LogP contribution in [-0.4, -0.2) is 19.9 Å². The molecule has 13 rings (SSSR count). The Morgan fingerprint density at radius 3 is 0.963 bits per heavy atom. The van der Waals surface area contributed by atoms with Gasteiger partial charge >= 0.3 is 0 Å². The summed E-state index contributed by atoms with van der Waals surface area (Å²) in [4.78, 5) is 22.1. The van der Waals surface area contributed by atoms with E-state index in [9.17, 15) is 0 Å². The standard InChI is InChI=1S/C50H38N4/c1-49(2,3)25-19-33-43-35(21-25)47-48(36-22-26(50(4,5)6)20-34(44(36)43)46-45(33)51-37-17-11-12-18-38(37)52-46)54-40-24-32-31(23-39(40)53-47)41-27-13-7-9-15-29(27)42(32)30-16-10-8-14-28(30)41/h7-24,41-42H,1-6H3. The highest BCUT2D eigenvalue weighted by Crippen LogP contribution is 2.56. The molecule has 2 aromatic heterocycles. The molecule has 2 heterocycles. The smallest absolute Gasteiger partial charge is 0.0979 e. The Balaban J connectivity index is 1.28. The third-order valence-corrected chi connectivity index (χ3v) is 12.6. The molecule has 54 heavy (non-hydrogen) atoms. The topological polar surface area (TPSA) is 51.6 Å². The van der Waals surface area contributed by atoms with Gasteiger partial charge < -0.3 is 0 Å². The third kappa shape index (κ3) is 3.88. The van der Waals surface area contributed by atoms with Crippen LogP contribution in [0.15, 0.2) is 109 Å². The molecule has 0 radical (unpaired) electrons. The summed E-state index contributed by atoms with van der Waals surface area (Å²) in [5.41, 5.74) is 18.2. The van der Waals surface area contributed by atoms with Crippen LogP contribution in [0.4, 0.5) is 0 Å². The van der Waals surface area contributed by atoms with E-state index < -0.39 is 0 Å². The molecule has 2 bridgehead atoms. The maximum Gasteiger partial charge on any atom is 0.0979 e. The molecule has 8 aromatic carbocycles. The first-order chi connectivity index (χ1) is 26.0. The number of aromatic nitrogens is 4. The van der Waals surface area contributed by atoms with E-state index in [4.69, 9.17) is 19.9 Å². The fourth-order valence-corrected chi connectivity index (χ4v) is 9.90. The zero-order chi connectivity index (χ0) is 36.4. The van der Waals surface area contributed by atoms with Crippen molar-refractivity contribution >= 4 is 76.5 Å². The largest absolute Gasteiger partial charge is 0.244 e. The van der Waals surface area contributed by atoms with Gasteiger partial charge in [-0.1, -0.05) is 102 Å². The van der Waals surface area contributed by atoms with Gasteiger partial charge in [0.25, 0.3) is 0 Å². The number of nitrogens with zero attached hydrogens (tertiary/aromatic N) is 4. The minimum Gasteiger partial charge on any atom is -0.244 e. The van der Waals surface area contributed by atoms with E-state index in [2.05, 4.69) is 151 Å². The minimum absolute atomic E-state index is 0.101. The Labute approximate surface area is 313 Å². The predicted molar refractivity (Wildman–Crippen MR) is 224 cm³/mol. The van der Waals surface area contributed by atoms with E-state index in [1.807, 2.05) is 0 Å². The summed E-state index contributed by atoms with van der Waals surface area (Å²) < 4.78 is 0. The lowest BCUT2D eigenvalue weighted by Gasteiger charge is -2.42. The van der Waals surface area contributed by atoms with Gasteiger partial charge in [-0.2, -0.15) is 0 Å². The van der Waals surface area contributed by atoms with Gasteiger partial charge in [-0.25, -0.2) is 19.9 Å². The quantitative estimate of drug-likeness (QED) is 0.117. The summed E-state index contributed by atoms with van der Waals surface area (Å²) in [7, 11) is 0. The van der Waals surface area contributed by atoms with Gasteiger partial charge in [0.2, 0.25) is 0 Å². The molecule has 0 amide bonds. The van der Waals surface area contributed by atoms with Gasteiger partial charge in [0, 0.05) is 44.2 Å². The second-order valence-electron chi connectivity index (χ2n) is 17.8. The number of hydrogen-bond acceptors (Lipinski definition) is 4. The van der Waals surface area contributed by atoms with E-state index in [1.165, 1.54) is 55.3 Å². The average Bonchev–Trinajstić information content (AvgIpc) is 3.17. The Morgan fingerprint density at radius 2 is 0.648 bits per heavy atom. The highest BCUT2D eigenvalue weighted by atomic mass is 14.8. The molecule has 0 spiro atoms. The van der Waals surface area contributed by atoms with Crippen molar-refractivity contribution in [1.82, 2.24) is 19.9 Å². The molecular formula is C50H38N4. The van der Waals surface area contributed by atoms with Gasteiger partial charge in [-0.3, -0.25) is 0 Å². The Morgan fingerprint density at radius 1 is 0.352 bits per heavy atom. The van der Waals surface area contributed by atoms with Gasteiger partial charge in [-0.15, -0.1) is 0 Å². The molecule has 258 valence electrons. The third-order valence-electron chi connectivity index (χ3n) is 12.6. The average molecular weight is 695 g/mol. The summed E-state index contributed by atoms with van der Waals surface area (Å²) in [5.74, 6) is 0.360. The van der Waals surface area contributed by atoms with E-state index in [0.29, 0.717) is 0 Å². The normalized spacial score (nSPS) is 16.7. The Hall–Kier alpha value is -6.00. The zero-order valence-electron chi connectivity index (χ0n) is 31.3. The highest BCUT2D eigenvalue weighted by Gasteiger charge is 2.41. The van der Waals surface area contributed by atoms with E-state index >= 15 is 0 Å². The van der Waals surface area contributed by atoms with Gasteiger partial charge in [-0.05, 0) is 104 Å². The monoisotopic (exact) mass is 694 g/mol. The molecule has 3 aliphatic rings. The molecule has 10 aromatic rings. The van der Waals surface area contributed by atoms with Crippen molar-refractivity contribution in [2.75, 3.05) is 0 Å². The lowest BCUT2D eigenvalue weighted by atomic mass is 9.61. The molecule has 0 unspecified atom stereocenters. The second kappa shape index (κ2) is 9.95. The van der Waals surface area contributed by atoms with E-state index in [0.717, 1.165) is 65.7 Å². The summed E-state index contributed by atoms with van der Waals surface area (Å²) in [6, 6.07) is 40.5. The van der Waals surface area contributed by atoms with E-state index in [1.54, 1.807) is 0 Å². The maximum absolute atomic E-state index is 5.68. The molecule has 4 heteroatoms. The molecule has 0 saturated carbocycles. The maximum atomic E-state index is 5.68. The number of fused-ring (bicyclic) bond motifs is 8. The van der Waals surface area contributed by atoms with Crippen molar-refractivity contribution in [2.45, 2.75) is 64.2 Å². The number of rotatable bonds is 0. The Kier molecular flexibility index (Phi) is 5.61. The van der Waals surface area contributed by atoms with Gasteiger partial charge in [0.05, 0.1) is 44.1 Å². The highest BCUT2D eigenvalue weighted by molar-refractivity contribution is 6.39. The van der Waals surface area contributed by atoms with E-state index in [-0.39, 0.29) is 22.7 Å². The van der Waals surface area contributed by atoms with Gasteiger partial charge in [0.15, 0.2) is 0 Å². The van der Waals surface area contributed by atoms with Crippen LogP contribution in [0.25, 0.3) is 76.5 Å². The van der Waals surface area contributed by atoms with Crippen molar-refractivity contribution in [2.24, 2.45) is 0 Å². The molecule has 0 N–H and O–H groups in total. The summed E-state index contributed by atoms with van der Waals surface area (Å²) in [5, 5.41) is 6.93. The lowest BCUT2D eigenvalue weighted by molar-refractivity contribution is 0.591. The van der Waals surface area contributed by atoms with Crippen molar-refractivity contribution < 1.29 is 0 Å². The predicted octanol–water partition coefficient (Wildman–Crippen LogP) is 12.4. The molecule has 0 fully saturated rings. The SMILES string of the molecule is CC(C)(C)c1cc2c3nc4ccccc4nc3c3cc(C(C)(C)C)cc4c5nc6cc7c(cc6nc5c(c1)c2c34)C1c2ccccc2C7c2ccccc21. The van der Waals surface area contributed by atoms with Crippen LogP contribution in [0, 0.1) is 0 Å². The van der Waals surface area contributed by atoms with Crippen LogP contribution in [0.1, 0.15) is 97.9 Å². The number of benzene rings is 8. The number of hydrogen-bond donors (Lipinski definition) is 0.